The molecule has 0 aromatic carbocycles. The van der Waals surface area contributed by atoms with Gasteiger partial charge in [0.2, 0.25) is 5.79 Å². The van der Waals surface area contributed by atoms with Crippen molar-refractivity contribution in [1.82, 2.24) is 0 Å². The summed E-state index contributed by atoms with van der Waals surface area (Å²) in [6.45, 7) is 17.2. The molecule has 0 aromatic heterocycles. The lowest BCUT2D eigenvalue weighted by molar-refractivity contribution is -0.397. The van der Waals surface area contributed by atoms with Gasteiger partial charge in [-0.1, -0.05) is 55.4 Å². The van der Waals surface area contributed by atoms with Gasteiger partial charge in [-0.05, 0) is 83.0 Å². The van der Waals surface area contributed by atoms with Crippen LogP contribution in [0.4, 0.5) is 0 Å². The van der Waals surface area contributed by atoms with E-state index in [2.05, 4.69) is 20.8 Å². The number of hydrogen-bond donors (Lipinski definition) is 4. The molecule has 2 spiro atoms. The van der Waals surface area contributed by atoms with E-state index in [-0.39, 0.29) is 53.9 Å². The predicted octanol–water partition coefficient (Wildman–Crippen LogP) is 6.21. The summed E-state index contributed by atoms with van der Waals surface area (Å²) in [5.74, 6) is -5.68. The van der Waals surface area contributed by atoms with E-state index in [1.54, 1.807) is 13.8 Å². The zero-order chi connectivity index (χ0) is 38.8. The van der Waals surface area contributed by atoms with Gasteiger partial charge in [0.1, 0.15) is 5.78 Å². The minimum absolute atomic E-state index is 0.0291. The maximum atomic E-state index is 14.4. The van der Waals surface area contributed by atoms with E-state index < -0.39 is 65.3 Å². The smallest absolute Gasteiger partial charge is 0.309 e. The molecule has 0 bridgehead atoms. The highest BCUT2D eigenvalue weighted by atomic mass is 16.8. The van der Waals surface area contributed by atoms with Crippen LogP contribution in [-0.4, -0.2) is 91.8 Å². The van der Waals surface area contributed by atoms with Crippen LogP contribution in [0.3, 0.4) is 0 Å². The number of carboxylic acids is 1. The lowest BCUT2D eigenvalue weighted by atomic mass is 9.72. The fraction of sp³-hybridized carbons (Fsp3) is 0.927. The number of Topliss-reactive ketones (excluding diaryl/α,β-unsaturated/α-hetero) is 2. The van der Waals surface area contributed by atoms with Crippen molar-refractivity contribution in [1.29, 1.82) is 0 Å². The Hall–Kier alpha value is -1.47. The Morgan fingerprint density at radius 3 is 2.19 bits per heavy atom. The molecule has 0 aromatic rings. The van der Waals surface area contributed by atoms with Crippen LogP contribution in [0.2, 0.25) is 0 Å². The van der Waals surface area contributed by atoms with Crippen molar-refractivity contribution in [3.63, 3.8) is 0 Å². The molecule has 0 aliphatic carbocycles. The number of aliphatic hydroxyl groups excluding tert-OH is 2. The highest BCUT2D eigenvalue weighted by Crippen LogP contribution is 2.52. The lowest BCUT2D eigenvalue weighted by Gasteiger charge is -2.54. The molecule has 52 heavy (non-hydrogen) atoms. The van der Waals surface area contributed by atoms with E-state index >= 15 is 0 Å². The van der Waals surface area contributed by atoms with E-state index in [4.69, 9.17) is 18.9 Å². The molecule has 4 aliphatic heterocycles. The summed E-state index contributed by atoms with van der Waals surface area (Å²) in [4.78, 5) is 39.8. The fourth-order valence-corrected chi connectivity index (χ4v) is 9.93. The van der Waals surface area contributed by atoms with Crippen LogP contribution < -0.4 is 0 Å². The van der Waals surface area contributed by atoms with Crippen molar-refractivity contribution in [2.45, 2.75) is 200 Å². The number of rotatable bonds is 16. The first-order valence-electron chi connectivity index (χ1n) is 20.5. The molecule has 300 valence electrons. The molecule has 16 unspecified atom stereocenters. The number of carbonyl (C=O) groups is 3. The largest absolute Gasteiger partial charge is 0.481 e. The average molecular weight is 739 g/mol. The molecule has 0 saturated carbocycles. The van der Waals surface area contributed by atoms with Crippen LogP contribution in [0.25, 0.3) is 0 Å². The predicted molar refractivity (Wildman–Crippen MR) is 195 cm³/mol. The summed E-state index contributed by atoms with van der Waals surface area (Å²) in [5, 5.41) is 42.3. The number of aliphatic hydroxyl groups is 3. The maximum Gasteiger partial charge on any atom is 0.309 e. The van der Waals surface area contributed by atoms with E-state index in [0.717, 1.165) is 12.8 Å². The summed E-state index contributed by atoms with van der Waals surface area (Å²) < 4.78 is 26.6. The SMILES string of the molecule is CCC(C(=O)O)C1CCC(C)C(C(C)C(O)C(C)C(=O)C(CC)C2OC3(CCC(=O)C4(CCC(CCCC(O)(CC)C(C)O)O4)O3)C(C)CC2C)O1. The minimum atomic E-state index is -1.41. The van der Waals surface area contributed by atoms with Crippen LogP contribution in [0.15, 0.2) is 0 Å². The monoisotopic (exact) mass is 738 g/mol. The first kappa shape index (κ1) is 43.3. The van der Waals surface area contributed by atoms with Crippen molar-refractivity contribution >= 4 is 17.5 Å². The molecule has 11 heteroatoms. The van der Waals surface area contributed by atoms with Gasteiger partial charge < -0.3 is 39.4 Å². The first-order chi connectivity index (χ1) is 24.4. The Morgan fingerprint density at radius 2 is 1.60 bits per heavy atom. The van der Waals surface area contributed by atoms with Crippen LogP contribution in [-0.2, 0) is 33.3 Å². The third kappa shape index (κ3) is 8.81. The van der Waals surface area contributed by atoms with E-state index in [0.29, 0.717) is 64.2 Å². The quantitative estimate of drug-likeness (QED) is 0.142. The molecule has 4 aliphatic rings. The molecule has 4 saturated heterocycles. The van der Waals surface area contributed by atoms with Gasteiger partial charge in [0.25, 0.3) is 0 Å². The van der Waals surface area contributed by atoms with Crippen LogP contribution in [0, 0.1) is 41.4 Å². The maximum absolute atomic E-state index is 14.4. The van der Waals surface area contributed by atoms with Crippen LogP contribution in [0.1, 0.15) is 146 Å². The summed E-state index contributed by atoms with van der Waals surface area (Å²) in [7, 11) is 0. The van der Waals surface area contributed by atoms with Gasteiger partial charge in [-0.2, -0.15) is 0 Å². The van der Waals surface area contributed by atoms with Crippen molar-refractivity contribution in [3.8, 4) is 0 Å². The fourth-order valence-electron chi connectivity index (χ4n) is 9.93. The third-order valence-corrected chi connectivity index (χ3v) is 13.7. The van der Waals surface area contributed by atoms with Gasteiger partial charge in [-0.3, -0.25) is 14.4 Å². The van der Waals surface area contributed by atoms with Crippen molar-refractivity contribution < 1.29 is 53.8 Å². The summed E-state index contributed by atoms with van der Waals surface area (Å²) in [5.41, 5.74) is -1.15. The second-order valence-corrected chi connectivity index (χ2v) is 17.2. The third-order valence-electron chi connectivity index (χ3n) is 13.7. The highest BCUT2D eigenvalue weighted by molar-refractivity contribution is 5.87. The molecular formula is C41H70O11. The number of hydrogen-bond acceptors (Lipinski definition) is 10. The molecule has 4 rings (SSSR count). The van der Waals surface area contributed by atoms with Crippen LogP contribution >= 0.6 is 0 Å². The Kier molecular flexibility index (Phi) is 14.6. The first-order valence-corrected chi connectivity index (χ1v) is 20.5. The van der Waals surface area contributed by atoms with Gasteiger partial charge in [0.15, 0.2) is 11.6 Å². The van der Waals surface area contributed by atoms with Gasteiger partial charge >= 0.3 is 5.97 Å². The topological polar surface area (TPSA) is 169 Å². The van der Waals surface area contributed by atoms with Gasteiger partial charge in [-0.15, -0.1) is 0 Å². The standard InChI is InChI=1S/C41H70O11/c1-10-30(38(46)47)32-16-15-23(4)36(49-32)27(8)34(44)26(7)35(45)31(11-2)37-24(5)22-25(6)40(51-37)21-18-33(43)41(52-40)20-17-29(50-41)14-13-19-39(48,12-3)28(9)42/h23-32,34,36-37,42,44,48H,10-22H2,1-9H3,(H,46,47). The van der Waals surface area contributed by atoms with Crippen molar-refractivity contribution in [2.75, 3.05) is 0 Å². The van der Waals surface area contributed by atoms with Crippen molar-refractivity contribution in [3.05, 3.63) is 0 Å². The Balaban J connectivity index is 1.45. The zero-order valence-electron chi connectivity index (χ0n) is 33.3. The second-order valence-electron chi connectivity index (χ2n) is 17.2. The number of carboxylic acid groups (broad SMARTS) is 1. The number of ketones is 2. The molecular weight excluding hydrogens is 668 g/mol. The summed E-state index contributed by atoms with van der Waals surface area (Å²) >= 11 is 0. The highest BCUT2D eigenvalue weighted by Gasteiger charge is 2.61. The molecule has 4 heterocycles. The van der Waals surface area contributed by atoms with Gasteiger partial charge in [0.05, 0.1) is 48.1 Å². The number of aliphatic carboxylic acids is 1. The summed E-state index contributed by atoms with van der Waals surface area (Å²) in [6.07, 6.45) is 3.64. The van der Waals surface area contributed by atoms with Gasteiger partial charge in [0, 0.05) is 42.9 Å². The Morgan fingerprint density at radius 1 is 0.923 bits per heavy atom. The van der Waals surface area contributed by atoms with E-state index in [1.807, 2.05) is 27.7 Å². The minimum Gasteiger partial charge on any atom is -0.481 e. The lowest BCUT2D eigenvalue weighted by Crippen LogP contribution is -2.63. The molecule has 4 N–H and O–H groups in total. The summed E-state index contributed by atoms with van der Waals surface area (Å²) in [6, 6.07) is 0. The number of ether oxygens (including phenoxy) is 4. The van der Waals surface area contributed by atoms with Crippen LogP contribution in [0.5, 0.6) is 0 Å². The Labute approximate surface area is 311 Å². The van der Waals surface area contributed by atoms with Gasteiger partial charge in [-0.25, -0.2) is 0 Å². The molecule has 16 atom stereocenters. The zero-order valence-corrected chi connectivity index (χ0v) is 33.3. The number of carbonyl (C=O) groups excluding carboxylic acids is 2. The van der Waals surface area contributed by atoms with E-state index in [1.165, 1.54) is 0 Å². The normalized spacial score (nSPS) is 38.7. The van der Waals surface area contributed by atoms with E-state index in [9.17, 15) is 34.8 Å². The molecule has 4 fully saturated rings. The Bertz CT molecular complexity index is 1230. The molecule has 11 nitrogen and oxygen atoms in total. The average Bonchev–Trinajstić information content (AvgIpc) is 3.51. The van der Waals surface area contributed by atoms with Crippen molar-refractivity contribution in [2.24, 2.45) is 41.4 Å². The molecule has 0 radical (unpaired) electrons. The molecule has 0 amide bonds. The second kappa shape index (κ2) is 17.5.